The van der Waals surface area contributed by atoms with Crippen LogP contribution in [0.4, 0.5) is 176 Å². The van der Waals surface area contributed by atoms with Gasteiger partial charge in [0.05, 0.1) is 0 Å². The summed E-state index contributed by atoms with van der Waals surface area (Å²) in [7, 11) is 0. The van der Waals surface area contributed by atoms with Gasteiger partial charge in [-0.3, -0.25) is 10.8 Å². The van der Waals surface area contributed by atoms with Crippen molar-refractivity contribution < 1.29 is 176 Å². The van der Waals surface area contributed by atoms with Gasteiger partial charge in [-0.25, -0.2) is 9.98 Å². The first-order valence-electron chi connectivity index (χ1n) is 14.5. The molecule has 0 aromatic heterocycles. The highest BCUT2D eigenvalue weighted by Gasteiger charge is 2.96. The molecule has 0 saturated carbocycles. The molecule has 0 saturated heterocycles. The summed E-state index contributed by atoms with van der Waals surface area (Å²) in [6.07, 6.45) is -16.5. The zero-order valence-corrected chi connectivity index (χ0v) is 29.7. The molecule has 0 aromatic carbocycles. The van der Waals surface area contributed by atoms with Crippen LogP contribution < -0.4 is 11.5 Å². The van der Waals surface area contributed by atoms with Gasteiger partial charge in [-0.1, -0.05) is 0 Å². The van der Waals surface area contributed by atoms with E-state index in [0.29, 0.717) is 9.98 Å². The predicted octanol–water partition coefficient (Wildman–Crippen LogP) is 11.6. The topological polar surface area (TPSA) is 124 Å². The Hall–Kier alpha value is -4.52. The van der Waals surface area contributed by atoms with E-state index in [9.17, 15) is 176 Å². The molecule has 0 radical (unpaired) electrons. The lowest BCUT2D eigenvalue weighted by Gasteiger charge is -2.41. The quantitative estimate of drug-likeness (QED) is 0.0620. The number of halogens is 40. The number of alkyl halides is 40. The van der Waals surface area contributed by atoms with Gasteiger partial charge in [0.2, 0.25) is 0 Å². The lowest BCUT2D eigenvalue weighted by molar-refractivity contribution is -0.448. The molecule has 0 aliphatic rings. The summed E-state index contributed by atoms with van der Waals surface area (Å²) in [6.45, 7) is 0. The summed E-state index contributed by atoms with van der Waals surface area (Å²) in [6, 6.07) is 0. The van der Waals surface area contributed by atoms with Crippen LogP contribution in [-0.4, -0.2) is 136 Å². The second kappa shape index (κ2) is 16.3. The Morgan fingerprint density at radius 1 is 0.217 bits per heavy atom. The van der Waals surface area contributed by atoms with Gasteiger partial charge in [0, 0.05) is 0 Å². The lowest BCUT2D eigenvalue weighted by atomic mass is 9.90. The molecule has 0 atom stereocenters. The van der Waals surface area contributed by atoms with Crippen LogP contribution in [0, 0.1) is 10.8 Å². The molecule has 69 heavy (non-hydrogen) atoms. The number of nitrogens with one attached hydrogen (secondary N) is 2. The SMILES string of the molecule is N=C(N=C(N)C(F)(F)C(F)(F)C(F)(F)C(F)(F)C(F)(F)C(N)=NC(=N)C(F)(F)C(F)(F)C(F)(F)C(F)(F)C(F)(F)C(F)(F)C(F)(F)F)C(F)(F)C(F)(F)C(F)(F)C(F)(F)C(F)(F)C(F)(F)C(F)(F)F. The normalized spacial score (nSPS) is 17.1. The number of hydrogen-bond donors (Lipinski definition) is 4. The molecule has 0 fully saturated rings. The largest absolute Gasteiger partial charge is 0.460 e. The fourth-order valence-corrected chi connectivity index (χ4v) is 3.67. The summed E-state index contributed by atoms with van der Waals surface area (Å²) in [4.78, 5) is 0.853. The molecule has 0 aliphatic heterocycles. The smallest absolute Gasteiger partial charge is 0.382 e. The van der Waals surface area contributed by atoms with Crippen LogP contribution in [0.25, 0.3) is 0 Å². The second-order valence-corrected chi connectivity index (χ2v) is 12.5. The van der Waals surface area contributed by atoms with Crippen molar-refractivity contribution in [2.75, 3.05) is 0 Å². The molecular weight excluding hydrogens is 1120 g/mol. The first-order chi connectivity index (χ1) is 29.1. The fourth-order valence-electron chi connectivity index (χ4n) is 3.67. The Morgan fingerprint density at radius 3 is 0.522 bits per heavy atom. The Bertz CT molecular complexity index is 1870. The molecular formula is C23H6F40N6. The van der Waals surface area contributed by atoms with Crippen LogP contribution in [0.3, 0.4) is 0 Å². The predicted molar refractivity (Wildman–Crippen MR) is 135 cm³/mol. The maximum Gasteiger partial charge on any atom is 0.460 e. The summed E-state index contributed by atoms with van der Waals surface area (Å²) in [5.74, 6) is -171. The van der Waals surface area contributed by atoms with Gasteiger partial charge in [0.1, 0.15) is 0 Å². The van der Waals surface area contributed by atoms with Gasteiger partial charge >= 0.3 is 113 Å². The van der Waals surface area contributed by atoms with Crippen molar-refractivity contribution in [3.63, 3.8) is 0 Å². The highest BCUT2D eigenvalue weighted by Crippen LogP contribution is 2.65. The van der Waals surface area contributed by atoms with E-state index in [1.807, 2.05) is 0 Å². The van der Waals surface area contributed by atoms with Crippen molar-refractivity contribution in [2.24, 2.45) is 21.5 Å². The monoisotopic (exact) mass is 1130 g/mol. The maximum atomic E-state index is 14.3. The van der Waals surface area contributed by atoms with E-state index in [2.05, 4.69) is 11.5 Å². The molecule has 0 heterocycles. The molecule has 0 aliphatic carbocycles. The van der Waals surface area contributed by atoms with Gasteiger partial charge in [-0.2, -0.15) is 176 Å². The minimum atomic E-state index is -9.28. The zero-order valence-electron chi connectivity index (χ0n) is 29.7. The zero-order chi connectivity index (χ0) is 57.2. The average molecular weight is 1130 g/mol. The molecule has 408 valence electrons. The molecule has 6 nitrogen and oxygen atoms in total. The van der Waals surface area contributed by atoms with Gasteiger partial charge in [-0.05, 0) is 0 Å². The fraction of sp³-hybridized carbons (Fsp3) is 0.826. The number of aliphatic imine (C=N–C) groups is 2. The van der Waals surface area contributed by atoms with Crippen molar-refractivity contribution in [1.82, 2.24) is 0 Å². The lowest BCUT2D eigenvalue weighted by Crippen LogP contribution is -2.73. The van der Waals surface area contributed by atoms with Gasteiger partial charge in [0.15, 0.2) is 23.3 Å². The van der Waals surface area contributed by atoms with Crippen LogP contribution in [0.1, 0.15) is 0 Å². The first-order valence-corrected chi connectivity index (χ1v) is 14.5. The molecule has 0 rings (SSSR count). The minimum absolute atomic E-state index is 0.427. The number of nitrogens with two attached hydrogens (primary N) is 2. The van der Waals surface area contributed by atoms with E-state index in [0.717, 1.165) is 0 Å². The summed E-state index contributed by atoms with van der Waals surface area (Å²) in [5, 5.41) is 12.4. The molecule has 0 bridgehead atoms. The van der Waals surface area contributed by atoms with Crippen LogP contribution in [-0.2, 0) is 0 Å². The number of amidine groups is 4. The average Bonchev–Trinajstić information content (AvgIpc) is 3.12. The highest BCUT2D eigenvalue weighted by molar-refractivity contribution is 6.03. The van der Waals surface area contributed by atoms with Crippen molar-refractivity contribution >= 4 is 23.3 Å². The molecule has 0 spiro atoms. The number of hydrogen-bond acceptors (Lipinski definition) is 2. The standard InChI is InChI=1S/C23H6F40N6/c24-5(25,1(64)68-3(66)7(28,29)11(36,37)14(42,43)16(46,47)18(50,51)20(54,55)22(58,59)60)9(32,33)13(40,41)10(34,35)6(26,27)2(65)69-4(67)8(30,31)12(38,39)15(44,45)17(48,49)19(52,53)21(56,57)23(61,62)63/h(H3,64,66,68)(H3,65,67,69). The van der Waals surface area contributed by atoms with Crippen LogP contribution >= 0.6 is 0 Å². The molecule has 46 heteroatoms. The van der Waals surface area contributed by atoms with Crippen LogP contribution in [0.15, 0.2) is 9.98 Å². The number of rotatable bonds is 18. The maximum absolute atomic E-state index is 14.3. The molecule has 0 aromatic rings. The van der Waals surface area contributed by atoms with Gasteiger partial charge in [-0.15, -0.1) is 0 Å². The highest BCUT2D eigenvalue weighted by atomic mass is 19.4. The van der Waals surface area contributed by atoms with E-state index in [-0.39, 0.29) is 0 Å². The van der Waals surface area contributed by atoms with Crippen molar-refractivity contribution in [3.8, 4) is 0 Å². The molecule has 0 amide bonds. The van der Waals surface area contributed by atoms with E-state index >= 15 is 0 Å². The van der Waals surface area contributed by atoms with E-state index in [1.165, 1.54) is 0 Å². The van der Waals surface area contributed by atoms with E-state index in [4.69, 9.17) is 10.8 Å². The Labute approximate surface area is 345 Å². The first kappa shape index (κ1) is 64.5. The van der Waals surface area contributed by atoms with Crippen molar-refractivity contribution in [1.29, 1.82) is 10.8 Å². The van der Waals surface area contributed by atoms with Gasteiger partial charge < -0.3 is 11.5 Å². The third kappa shape index (κ3) is 8.16. The summed E-state index contributed by atoms with van der Waals surface area (Å²) >= 11 is 0. The Balaban J connectivity index is 7.50. The Morgan fingerprint density at radius 2 is 0.348 bits per heavy atom. The Kier molecular flexibility index (Phi) is 15.2. The minimum Gasteiger partial charge on any atom is -0.382 e. The van der Waals surface area contributed by atoms with Crippen LogP contribution in [0.2, 0.25) is 0 Å². The van der Waals surface area contributed by atoms with E-state index < -0.39 is 136 Å². The number of nitrogens with zero attached hydrogens (tertiary/aromatic N) is 2. The van der Waals surface area contributed by atoms with E-state index in [1.54, 1.807) is 0 Å². The second-order valence-electron chi connectivity index (χ2n) is 12.5. The third-order valence-electron chi connectivity index (χ3n) is 7.94. The summed E-state index contributed by atoms with van der Waals surface area (Å²) in [5.41, 5.74) is 7.23. The van der Waals surface area contributed by atoms with Gasteiger partial charge in [0.25, 0.3) is 0 Å². The molecule has 0 unspecified atom stereocenters. The molecule has 6 N–H and O–H groups in total. The van der Waals surface area contributed by atoms with Crippen molar-refractivity contribution in [2.45, 2.75) is 113 Å². The van der Waals surface area contributed by atoms with Crippen molar-refractivity contribution in [3.05, 3.63) is 0 Å². The van der Waals surface area contributed by atoms with Crippen LogP contribution in [0.5, 0.6) is 0 Å². The summed E-state index contributed by atoms with van der Waals surface area (Å²) < 4.78 is 542. The third-order valence-corrected chi connectivity index (χ3v) is 7.94.